The molecule has 54 valence electrons. The number of rotatable bonds is 0. The fraction of sp³-hybridized carbons (Fsp3) is 0. The minimum Gasteiger partial charge on any atom is -0.269 e. The molecule has 4 heteroatoms. The molecule has 0 unspecified atom stereocenters. The first-order valence-electron chi connectivity index (χ1n) is 3.15. The fourth-order valence-electron chi connectivity index (χ4n) is 0.887. The van der Waals surface area contributed by atoms with Gasteiger partial charge in [0.05, 0.1) is 0 Å². The second-order valence-corrected chi connectivity index (χ2v) is 2.09. The average molecular weight is 147 g/mol. The van der Waals surface area contributed by atoms with Crippen LogP contribution in [0.1, 0.15) is 0 Å². The summed E-state index contributed by atoms with van der Waals surface area (Å²) in [5.41, 5.74) is 0.510. The first kappa shape index (κ1) is 6.03. The second-order valence-electron chi connectivity index (χ2n) is 2.09. The van der Waals surface area contributed by atoms with Crippen molar-refractivity contribution in [2.75, 3.05) is 0 Å². The normalized spacial score (nSPS) is 10.2. The van der Waals surface area contributed by atoms with Crippen LogP contribution in [0.3, 0.4) is 0 Å². The predicted octanol–water partition coefficient (Wildman–Crippen LogP) is 0.0895. The van der Waals surface area contributed by atoms with Crippen molar-refractivity contribution in [2.45, 2.75) is 0 Å². The lowest BCUT2D eigenvalue weighted by molar-refractivity contribution is 0.992. The van der Waals surface area contributed by atoms with Crippen LogP contribution in [0.5, 0.6) is 0 Å². The van der Waals surface area contributed by atoms with Gasteiger partial charge in [-0.2, -0.15) is 0 Å². The van der Waals surface area contributed by atoms with Crippen LogP contribution in [-0.4, -0.2) is 14.4 Å². The second kappa shape index (κ2) is 2.16. The molecule has 0 atom stereocenters. The predicted molar refractivity (Wildman–Crippen MR) is 39.3 cm³/mol. The molecule has 0 fully saturated rings. The Morgan fingerprint density at radius 1 is 1.27 bits per heavy atom. The molecular weight excluding hydrogens is 142 g/mol. The van der Waals surface area contributed by atoms with Gasteiger partial charge in [0.1, 0.15) is 12.0 Å². The number of nitrogens with zero attached hydrogens (tertiary/aromatic N) is 3. The highest BCUT2D eigenvalue weighted by molar-refractivity contribution is 5.34. The molecule has 2 aromatic rings. The van der Waals surface area contributed by atoms with Crippen LogP contribution >= 0.6 is 0 Å². The van der Waals surface area contributed by atoms with Crippen LogP contribution in [0.15, 0.2) is 35.6 Å². The Kier molecular flexibility index (Phi) is 1.18. The summed E-state index contributed by atoms with van der Waals surface area (Å²) in [5.74, 6) is 0. The fourth-order valence-corrected chi connectivity index (χ4v) is 0.887. The van der Waals surface area contributed by atoms with Gasteiger partial charge in [-0.05, 0) is 6.07 Å². The molecule has 0 aliphatic heterocycles. The summed E-state index contributed by atoms with van der Waals surface area (Å²) >= 11 is 0. The summed E-state index contributed by atoms with van der Waals surface area (Å²) in [6, 6.07) is 3.08. The quantitative estimate of drug-likeness (QED) is 0.530. The molecule has 2 rings (SSSR count). The largest absolute Gasteiger partial charge is 0.269 e. The standard InChI is InChI=1S/C7H5N3O/c11-7-2-4-9-6-1-3-8-5-10(6)7/h1-5H. The van der Waals surface area contributed by atoms with Gasteiger partial charge in [0, 0.05) is 18.5 Å². The first-order valence-corrected chi connectivity index (χ1v) is 3.15. The Balaban J connectivity index is 3.03. The molecule has 0 saturated heterocycles. The summed E-state index contributed by atoms with van der Waals surface area (Å²) in [4.78, 5) is 18.8. The van der Waals surface area contributed by atoms with Crippen molar-refractivity contribution < 1.29 is 0 Å². The number of hydrogen-bond acceptors (Lipinski definition) is 3. The Labute approximate surface area is 62.2 Å². The third-order valence-electron chi connectivity index (χ3n) is 1.40. The van der Waals surface area contributed by atoms with E-state index in [1.54, 1.807) is 12.3 Å². The molecule has 0 spiro atoms. The van der Waals surface area contributed by atoms with Gasteiger partial charge in [-0.1, -0.05) is 0 Å². The van der Waals surface area contributed by atoms with Crippen LogP contribution < -0.4 is 5.56 Å². The third kappa shape index (κ3) is 0.881. The van der Waals surface area contributed by atoms with Gasteiger partial charge in [0.25, 0.3) is 5.56 Å². The van der Waals surface area contributed by atoms with Crippen LogP contribution in [0.2, 0.25) is 0 Å². The van der Waals surface area contributed by atoms with Gasteiger partial charge in [0.2, 0.25) is 0 Å². The molecule has 0 amide bonds. The van der Waals surface area contributed by atoms with Gasteiger partial charge in [-0.15, -0.1) is 0 Å². The summed E-state index contributed by atoms with van der Waals surface area (Å²) in [7, 11) is 0. The number of aromatic nitrogens is 3. The monoisotopic (exact) mass is 147 g/mol. The van der Waals surface area contributed by atoms with E-state index in [1.807, 2.05) is 0 Å². The maximum absolute atomic E-state index is 11.1. The van der Waals surface area contributed by atoms with E-state index in [9.17, 15) is 4.79 Å². The molecule has 0 aliphatic carbocycles. The third-order valence-corrected chi connectivity index (χ3v) is 1.40. The van der Waals surface area contributed by atoms with E-state index in [0.29, 0.717) is 5.65 Å². The van der Waals surface area contributed by atoms with Crippen molar-refractivity contribution in [3.63, 3.8) is 0 Å². The number of fused-ring (bicyclic) bond motifs is 1. The van der Waals surface area contributed by atoms with E-state index in [4.69, 9.17) is 0 Å². The Morgan fingerprint density at radius 3 is 3.00 bits per heavy atom. The minimum absolute atomic E-state index is 0.108. The molecule has 4 nitrogen and oxygen atoms in total. The summed E-state index contributed by atoms with van der Waals surface area (Å²) in [6.07, 6.45) is 4.53. The molecule has 0 radical (unpaired) electrons. The van der Waals surface area contributed by atoms with E-state index >= 15 is 0 Å². The zero-order valence-corrected chi connectivity index (χ0v) is 5.64. The Morgan fingerprint density at radius 2 is 2.18 bits per heavy atom. The van der Waals surface area contributed by atoms with Gasteiger partial charge in [0.15, 0.2) is 0 Å². The van der Waals surface area contributed by atoms with Crippen LogP contribution in [-0.2, 0) is 0 Å². The summed E-state index contributed by atoms with van der Waals surface area (Å²) in [5, 5.41) is 0. The highest BCUT2D eigenvalue weighted by atomic mass is 16.1. The molecule has 0 aromatic carbocycles. The lowest BCUT2D eigenvalue weighted by Crippen LogP contribution is -2.12. The van der Waals surface area contributed by atoms with E-state index in [2.05, 4.69) is 9.97 Å². The minimum atomic E-state index is -0.108. The zero-order chi connectivity index (χ0) is 7.68. The highest BCUT2D eigenvalue weighted by Crippen LogP contribution is 1.89. The highest BCUT2D eigenvalue weighted by Gasteiger charge is 1.91. The number of hydrogen-bond donors (Lipinski definition) is 0. The van der Waals surface area contributed by atoms with Crippen molar-refractivity contribution in [1.82, 2.24) is 14.4 Å². The molecular formula is C7H5N3O. The van der Waals surface area contributed by atoms with Crippen molar-refractivity contribution in [3.8, 4) is 0 Å². The van der Waals surface area contributed by atoms with Crippen molar-refractivity contribution in [3.05, 3.63) is 41.2 Å². The molecule has 2 aromatic heterocycles. The SMILES string of the molecule is O=c1ccnc2ccncn12. The van der Waals surface area contributed by atoms with Crippen LogP contribution in [0, 0.1) is 0 Å². The molecule has 2 heterocycles. The van der Waals surface area contributed by atoms with Gasteiger partial charge in [-0.25, -0.2) is 9.97 Å². The van der Waals surface area contributed by atoms with E-state index < -0.39 is 0 Å². The maximum Gasteiger partial charge on any atom is 0.259 e. The van der Waals surface area contributed by atoms with E-state index in [0.717, 1.165) is 0 Å². The van der Waals surface area contributed by atoms with Crippen LogP contribution in [0.4, 0.5) is 0 Å². The Bertz CT molecular complexity index is 429. The van der Waals surface area contributed by atoms with Crippen molar-refractivity contribution >= 4 is 5.65 Å². The van der Waals surface area contributed by atoms with Gasteiger partial charge < -0.3 is 0 Å². The summed E-state index contributed by atoms with van der Waals surface area (Å²) in [6.45, 7) is 0. The van der Waals surface area contributed by atoms with Crippen LogP contribution in [0.25, 0.3) is 5.65 Å². The van der Waals surface area contributed by atoms with Gasteiger partial charge in [-0.3, -0.25) is 9.20 Å². The van der Waals surface area contributed by atoms with Crippen molar-refractivity contribution in [2.24, 2.45) is 0 Å². The van der Waals surface area contributed by atoms with E-state index in [-0.39, 0.29) is 5.56 Å². The molecule has 0 saturated carbocycles. The lowest BCUT2D eigenvalue weighted by atomic mass is 10.5. The average Bonchev–Trinajstić information content (AvgIpc) is 2.06. The maximum atomic E-state index is 11.1. The van der Waals surface area contributed by atoms with E-state index in [1.165, 1.54) is 23.0 Å². The first-order chi connectivity index (χ1) is 5.38. The Hall–Kier alpha value is -1.71. The zero-order valence-electron chi connectivity index (χ0n) is 5.64. The summed E-state index contributed by atoms with van der Waals surface area (Å²) < 4.78 is 1.39. The lowest BCUT2D eigenvalue weighted by Gasteiger charge is -1.94. The topological polar surface area (TPSA) is 47.3 Å². The molecule has 11 heavy (non-hydrogen) atoms. The smallest absolute Gasteiger partial charge is 0.259 e. The molecule has 0 N–H and O–H groups in total. The van der Waals surface area contributed by atoms with Crippen molar-refractivity contribution in [1.29, 1.82) is 0 Å². The molecule has 0 aliphatic rings. The van der Waals surface area contributed by atoms with Gasteiger partial charge >= 0.3 is 0 Å². The molecule has 0 bridgehead atoms.